The molecule has 0 bridgehead atoms. The number of carbonyl (C=O) groups excluding carboxylic acids is 2. The average molecular weight is 381 g/mol. The molecule has 0 saturated heterocycles. The molecule has 0 heterocycles. The highest BCUT2D eigenvalue weighted by atomic mass is 79.9. The third kappa shape index (κ3) is 15.7. The summed E-state index contributed by atoms with van der Waals surface area (Å²) >= 11 is 3.06. The third-order valence-corrected chi connectivity index (χ3v) is 3.24. The first-order valence-electron chi connectivity index (χ1n) is 7.60. The van der Waals surface area contributed by atoms with Crippen LogP contribution >= 0.6 is 15.9 Å². The number of ether oxygens (including phenoxy) is 2. The fourth-order valence-corrected chi connectivity index (χ4v) is 1.67. The lowest BCUT2D eigenvalue weighted by Gasteiger charge is -2.17. The van der Waals surface area contributed by atoms with Crippen molar-refractivity contribution in [1.82, 2.24) is 10.6 Å². The summed E-state index contributed by atoms with van der Waals surface area (Å²) < 4.78 is 10.6. The number of halogens is 1. The average Bonchev–Trinajstić information content (AvgIpc) is 2.46. The zero-order valence-electron chi connectivity index (χ0n) is 13.9. The molecule has 7 heteroatoms. The van der Waals surface area contributed by atoms with Gasteiger partial charge in [-0.3, -0.25) is 9.59 Å². The van der Waals surface area contributed by atoms with E-state index in [0.29, 0.717) is 51.3 Å². The molecule has 0 spiro atoms. The van der Waals surface area contributed by atoms with Crippen LogP contribution in [-0.4, -0.2) is 56.7 Å². The van der Waals surface area contributed by atoms with Crippen LogP contribution in [0.4, 0.5) is 0 Å². The Balaban J connectivity index is 3.26. The predicted octanol–water partition coefficient (Wildman–Crippen LogP) is 1.47. The first kappa shape index (κ1) is 21.3. The van der Waals surface area contributed by atoms with Gasteiger partial charge in [0.15, 0.2) is 0 Å². The van der Waals surface area contributed by atoms with Crippen molar-refractivity contribution in [1.29, 1.82) is 0 Å². The maximum absolute atomic E-state index is 11.5. The molecule has 130 valence electrons. The molecule has 0 saturated carbocycles. The van der Waals surface area contributed by atoms with Crippen molar-refractivity contribution in [2.24, 2.45) is 5.41 Å². The largest absolute Gasteiger partial charge is 0.377 e. The lowest BCUT2D eigenvalue weighted by atomic mass is 9.90. The lowest BCUT2D eigenvalue weighted by Crippen LogP contribution is -2.29. The molecular formula is C15H29BrN2O4. The summed E-state index contributed by atoms with van der Waals surface area (Å²) in [6, 6.07) is 0. The second kappa shape index (κ2) is 12.8. The zero-order chi connectivity index (χ0) is 16.8. The minimum absolute atomic E-state index is 0.0537. The van der Waals surface area contributed by atoms with Crippen molar-refractivity contribution >= 4 is 27.7 Å². The van der Waals surface area contributed by atoms with Gasteiger partial charge >= 0.3 is 0 Å². The molecule has 0 aromatic rings. The molecule has 6 nitrogen and oxygen atoms in total. The van der Waals surface area contributed by atoms with Crippen LogP contribution in [0.2, 0.25) is 0 Å². The molecule has 0 aliphatic rings. The van der Waals surface area contributed by atoms with Gasteiger partial charge in [0.2, 0.25) is 11.8 Å². The van der Waals surface area contributed by atoms with Crippen molar-refractivity contribution < 1.29 is 19.1 Å². The fraction of sp³-hybridized carbons (Fsp3) is 0.867. The van der Waals surface area contributed by atoms with Crippen LogP contribution in [0.5, 0.6) is 0 Å². The van der Waals surface area contributed by atoms with Gasteiger partial charge in [0.1, 0.15) is 0 Å². The van der Waals surface area contributed by atoms with Crippen LogP contribution in [0.1, 0.15) is 33.6 Å². The van der Waals surface area contributed by atoms with Crippen molar-refractivity contribution in [3.05, 3.63) is 0 Å². The van der Waals surface area contributed by atoms with E-state index in [1.165, 1.54) is 0 Å². The Hall–Kier alpha value is -0.660. The summed E-state index contributed by atoms with van der Waals surface area (Å²) in [5.41, 5.74) is 0.180. The fourth-order valence-electron chi connectivity index (χ4n) is 1.47. The molecule has 0 aliphatic heterocycles. The Kier molecular flexibility index (Phi) is 12.5. The summed E-state index contributed by atoms with van der Waals surface area (Å²) in [4.78, 5) is 22.5. The van der Waals surface area contributed by atoms with Gasteiger partial charge in [0, 0.05) is 19.5 Å². The van der Waals surface area contributed by atoms with Crippen LogP contribution in [0.3, 0.4) is 0 Å². The molecule has 22 heavy (non-hydrogen) atoms. The molecule has 0 fully saturated rings. The highest BCUT2D eigenvalue weighted by Gasteiger charge is 2.12. The maximum Gasteiger partial charge on any atom is 0.230 e. The van der Waals surface area contributed by atoms with Gasteiger partial charge in [-0.15, -0.1) is 0 Å². The van der Waals surface area contributed by atoms with Crippen molar-refractivity contribution in [3.63, 3.8) is 0 Å². The van der Waals surface area contributed by atoms with Gasteiger partial charge in [-0.1, -0.05) is 36.7 Å². The summed E-state index contributed by atoms with van der Waals surface area (Å²) in [6.07, 6.45) is 1.42. The van der Waals surface area contributed by atoms with Crippen molar-refractivity contribution in [3.8, 4) is 0 Å². The lowest BCUT2D eigenvalue weighted by molar-refractivity contribution is -0.122. The summed E-state index contributed by atoms with van der Waals surface area (Å²) in [5.74, 6) is 0.0133. The van der Waals surface area contributed by atoms with Crippen LogP contribution in [0.15, 0.2) is 0 Å². The minimum Gasteiger partial charge on any atom is -0.377 e. The quantitative estimate of drug-likeness (QED) is 0.397. The number of carbonyl (C=O) groups is 2. The molecule has 0 rings (SSSR count). The molecule has 0 radical (unpaired) electrons. The van der Waals surface area contributed by atoms with Crippen LogP contribution < -0.4 is 10.6 Å². The SMILES string of the molecule is CC(C)(C)CCC(=O)NCCOCCOCCNC(=O)CBr. The minimum atomic E-state index is -0.0537. The summed E-state index contributed by atoms with van der Waals surface area (Å²) in [6.45, 7) is 9.26. The number of hydrogen-bond acceptors (Lipinski definition) is 4. The van der Waals surface area contributed by atoms with E-state index >= 15 is 0 Å². The van der Waals surface area contributed by atoms with E-state index in [1.54, 1.807) is 0 Å². The second-order valence-electron chi connectivity index (χ2n) is 6.12. The van der Waals surface area contributed by atoms with Crippen molar-refractivity contribution in [2.75, 3.05) is 44.8 Å². The number of nitrogens with one attached hydrogen (secondary N) is 2. The predicted molar refractivity (Wildman–Crippen MR) is 90.1 cm³/mol. The summed E-state index contributed by atoms with van der Waals surface area (Å²) in [5, 5.41) is 5.81. The molecule has 0 aromatic heterocycles. The Morgan fingerprint density at radius 3 is 1.86 bits per heavy atom. The van der Waals surface area contributed by atoms with Crippen molar-refractivity contribution in [2.45, 2.75) is 33.6 Å². The molecular weight excluding hydrogens is 352 g/mol. The van der Waals surface area contributed by atoms with Crippen LogP contribution in [0.25, 0.3) is 0 Å². The first-order chi connectivity index (χ1) is 10.3. The van der Waals surface area contributed by atoms with E-state index in [1.807, 2.05) is 0 Å². The third-order valence-electron chi connectivity index (χ3n) is 2.73. The normalized spacial score (nSPS) is 11.3. The summed E-state index contributed by atoms with van der Waals surface area (Å²) in [7, 11) is 0. The molecule has 0 unspecified atom stereocenters. The molecule has 0 aromatic carbocycles. The number of amides is 2. The maximum atomic E-state index is 11.5. The Morgan fingerprint density at radius 2 is 1.41 bits per heavy atom. The Bertz CT molecular complexity index is 319. The topological polar surface area (TPSA) is 76.7 Å². The van der Waals surface area contributed by atoms with Gasteiger partial charge in [-0.05, 0) is 11.8 Å². The van der Waals surface area contributed by atoms with E-state index in [9.17, 15) is 9.59 Å². The van der Waals surface area contributed by atoms with Gasteiger partial charge in [-0.2, -0.15) is 0 Å². The zero-order valence-corrected chi connectivity index (χ0v) is 15.5. The van der Waals surface area contributed by atoms with E-state index < -0.39 is 0 Å². The van der Waals surface area contributed by atoms with Gasteiger partial charge in [-0.25, -0.2) is 0 Å². The van der Waals surface area contributed by atoms with Gasteiger partial charge in [0.25, 0.3) is 0 Å². The van der Waals surface area contributed by atoms with E-state index in [0.717, 1.165) is 6.42 Å². The number of rotatable bonds is 12. The molecule has 0 atom stereocenters. The van der Waals surface area contributed by atoms with E-state index in [4.69, 9.17) is 9.47 Å². The number of hydrogen-bond donors (Lipinski definition) is 2. The van der Waals surface area contributed by atoms with Gasteiger partial charge in [0.05, 0.1) is 31.8 Å². The molecule has 2 amide bonds. The second-order valence-corrected chi connectivity index (χ2v) is 6.68. The monoisotopic (exact) mass is 380 g/mol. The van der Waals surface area contributed by atoms with Gasteiger partial charge < -0.3 is 20.1 Å². The highest BCUT2D eigenvalue weighted by Crippen LogP contribution is 2.19. The highest BCUT2D eigenvalue weighted by molar-refractivity contribution is 9.09. The standard InChI is InChI=1S/C15H29BrN2O4/c1-15(2,3)5-4-13(19)17-6-8-21-10-11-22-9-7-18-14(20)12-16/h4-12H2,1-3H3,(H,17,19)(H,18,20). The number of alkyl halides is 1. The Labute approximate surface area is 141 Å². The Morgan fingerprint density at radius 1 is 0.909 bits per heavy atom. The van der Waals surface area contributed by atoms with Crippen LogP contribution in [-0.2, 0) is 19.1 Å². The van der Waals surface area contributed by atoms with Crippen LogP contribution in [0, 0.1) is 5.41 Å². The smallest absolute Gasteiger partial charge is 0.230 e. The molecule has 2 N–H and O–H groups in total. The van der Waals surface area contributed by atoms with E-state index in [2.05, 4.69) is 47.3 Å². The first-order valence-corrected chi connectivity index (χ1v) is 8.72. The van der Waals surface area contributed by atoms with E-state index in [-0.39, 0.29) is 17.2 Å². The molecule has 0 aliphatic carbocycles.